The standard InChI is InChI=1S/C21H33N3O4S/c1-4-16-13-21(16,20(27)28-5-2)22-18(25)17-7-6-9-24(17)19(26)15(3)8-10-23-11-12-29-14-23/h4,15-17H,1,5-14H2,2-3H3,(H,22,25). The molecule has 0 aromatic heterocycles. The lowest BCUT2D eigenvalue weighted by molar-refractivity contribution is -0.150. The van der Waals surface area contributed by atoms with E-state index >= 15 is 0 Å². The zero-order valence-corrected chi connectivity index (χ0v) is 18.3. The maximum absolute atomic E-state index is 13.0. The van der Waals surface area contributed by atoms with Crippen LogP contribution in [0, 0.1) is 11.8 Å². The summed E-state index contributed by atoms with van der Waals surface area (Å²) >= 11 is 1.92. The highest BCUT2D eigenvalue weighted by atomic mass is 32.2. The Bertz CT molecular complexity index is 652. The average Bonchev–Trinajstić information content (AvgIpc) is 3.10. The van der Waals surface area contributed by atoms with Gasteiger partial charge < -0.3 is 15.0 Å². The molecule has 8 heteroatoms. The lowest BCUT2D eigenvalue weighted by Crippen LogP contribution is -2.54. The first-order valence-electron chi connectivity index (χ1n) is 10.6. The van der Waals surface area contributed by atoms with Crippen molar-refractivity contribution in [3.8, 4) is 0 Å². The monoisotopic (exact) mass is 423 g/mol. The molecular formula is C21H33N3O4S. The van der Waals surface area contributed by atoms with E-state index in [-0.39, 0.29) is 30.3 Å². The molecule has 0 aromatic rings. The van der Waals surface area contributed by atoms with Gasteiger partial charge in [-0.15, -0.1) is 18.3 Å². The number of esters is 1. The van der Waals surface area contributed by atoms with Crippen LogP contribution in [-0.4, -0.2) is 77.0 Å². The van der Waals surface area contributed by atoms with Crippen molar-refractivity contribution in [1.82, 2.24) is 15.1 Å². The highest BCUT2D eigenvalue weighted by Crippen LogP contribution is 2.45. The number of hydrogen-bond acceptors (Lipinski definition) is 6. The minimum absolute atomic E-state index is 0.0377. The summed E-state index contributed by atoms with van der Waals surface area (Å²) in [5.41, 5.74) is -1.01. The Morgan fingerprint density at radius 2 is 2.17 bits per heavy atom. The Balaban J connectivity index is 1.58. The van der Waals surface area contributed by atoms with Gasteiger partial charge in [-0.2, -0.15) is 0 Å². The van der Waals surface area contributed by atoms with Crippen LogP contribution in [-0.2, 0) is 19.1 Å². The van der Waals surface area contributed by atoms with E-state index in [0.717, 1.165) is 37.6 Å². The zero-order chi connectivity index (χ0) is 21.0. The van der Waals surface area contributed by atoms with Crippen molar-refractivity contribution < 1.29 is 19.1 Å². The number of nitrogens with zero attached hydrogens (tertiary/aromatic N) is 2. The molecule has 29 heavy (non-hydrogen) atoms. The second-order valence-electron chi connectivity index (χ2n) is 8.26. The van der Waals surface area contributed by atoms with Crippen LogP contribution >= 0.6 is 11.8 Å². The van der Waals surface area contributed by atoms with Gasteiger partial charge in [0.1, 0.15) is 11.6 Å². The molecular weight excluding hydrogens is 390 g/mol. The molecule has 4 unspecified atom stereocenters. The molecule has 2 amide bonds. The fourth-order valence-electron chi connectivity index (χ4n) is 4.28. The van der Waals surface area contributed by atoms with Crippen molar-refractivity contribution >= 4 is 29.5 Å². The number of carbonyl (C=O) groups is 3. The molecule has 1 aliphatic carbocycles. The van der Waals surface area contributed by atoms with E-state index in [4.69, 9.17) is 4.74 Å². The van der Waals surface area contributed by atoms with Crippen LogP contribution in [0.25, 0.3) is 0 Å². The van der Waals surface area contributed by atoms with Gasteiger partial charge in [-0.05, 0) is 39.2 Å². The van der Waals surface area contributed by atoms with Crippen LogP contribution in [0.4, 0.5) is 0 Å². The molecule has 162 valence electrons. The van der Waals surface area contributed by atoms with Crippen LogP contribution in [0.3, 0.4) is 0 Å². The quantitative estimate of drug-likeness (QED) is 0.449. The maximum atomic E-state index is 13.0. The predicted molar refractivity (Wildman–Crippen MR) is 113 cm³/mol. The van der Waals surface area contributed by atoms with E-state index in [2.05, 4.69) is 16.8 Å². The first-order chi connectivity index (χ1) is 13.9. The Kier molecular flexibility index (Phi) is 7.27. The smallest absolute Gasteiger partial charge is 0.332 e. The van der Waals surface area contributed by atoms with E-state index in [0.29, 0.717) is 19.4 Å². The van der Waals surface area contributed by atoms with Crippen LogP contribution in [0.15, 0.2) is 12.7 Å². The van der Waals surface area contributed by atoms with Crippen molar-refractivity contribution in [2.75, 3.05) is 37.9 Å². The summed E-state index contributed by atoms with van der Waals surface area (Å²) in [6, 6.07) is -0.510. The minimum Gasteiger partial charge on any atom is -0.464 e. The van der Waals surface area contributed by atoms with E-state index in [9.17, 15) is 14.4 Å². The molecule has 3 fully saturated rings. The molecule has 7 nitrogen and oxygen atoms in total. The number of nitrogens with one attached hydrogen (secondary N) is 1. The van der Waals surface area contributed by atoms with Gasteiger partial charge in [-0.3, -0.25) is 14.5 Å². The zero-order valence-electron chi connectivity index (χ0n) is 17.5. The molecule has 0 bridgehead atoms. The summed E-state index contributed by atoms with van der Waals surface area (Å²) in [6.45, 7) is 10.3. The Hall–Kier alpha value is -1.54. The Labute approximate surface area is 177 Å². The van der Waals surface area contributed by atoms with Crippen molar-refractivity contribution in [3.05, 3.63) is 12.7 Å². The summed E-state index contributed by atoms with van der Waals surface area (Å²) in [6.07, 6.45) is 4.43. The average molecular weight is 424 g/mol. The molecule has 0 aromatic carbocycles. The van der Waals surface area contributed by atoms with Gasteiger partial charge in [-0.25, -0.2) is 4.79 Å². The largest absolute Gasteiger partial charge is 0.464 e. The van der Waals surface area contributed by atoms with Crippen LogP contribution in [0.1, 0.15) is 39.5 Å². The van der Waals surface area contributed by atoms with Gasteiger partial charge in [0.15, 0.2) is 0 Å². The number of likely N-dealkylation sites (tertiary alicyclic amines) is 1. The number of hydrogen-bond donors (Lipinski definition) is 1. The summed E-state index contributed by atoms with van der Waals surface area (Å²) in [4.78, 5) is 42.5. The Morgan fingerprint density at radius 3 is 2.79 bits per heavy atom. The SMILES string of the molecule is C=CC1CC1(NC(=O)C1CCCN1C(=O)C(C)CCN1CCSC1)C(=O)OCC. The number of thioether (sulfide) groups is 1. The fourth-order valence-corrected chi connectivity index (χ4v) is 5.31. The van der Waals surface area contributed by atoms with Gasteiger partial charge in [0.2, 0.25) is 11.8 Å². The molecule has 2 saturated heterocycles. The van der Waals surface area contributed by atoms with Crippen LogP contribution < -0.4 is 5.32 Å². The molecule has 0 radical (unpaired) electrons. The number of rotatable bonds is 9. The molecule has 0 spiro atoms. The molecule has 3 aliphatic rings. The minimum atomic E-state index is -1.01. The second-order valence-corrected chi connectivity index (χ2v) is 9.34. The normalized spacial score (nSPS) is 30.1. The lowest BCUT2D eigenvalue weighted by atomic mass is 10.0. The summed E-state index contributed by atoms with van der Waals surface area (Å²) in [5, 5.41) is 2.91. The molecule has 2 aliphatic heterocycles. The lowest BCUT2D eigenvalue weighted by Gasteiger charge is -2.29. The maximum Gasteiger partial charge on any atom is 0.332 e. The molecule has 1 N–H and O–H groups in total. The molecule has 2 heterocycles. The van der Waals surface area contributed by atoms with Crippen molar-refractivity contribution in [2.45, 2.75) is 51.1 Å². The van der Waals surface area contributed by atoms with Gasteiger partial charge in [-0.1, -0.05) is 13.0 Å². The molecule has 1 saturated carbocycles. The van der Waals surface area contributed by atoms with E-state index in [1.54, 1.807) is 17.9 Å². The first kappa shape index (κ1) is 22.2. The van der Waals surface area contributed by atoms with Gasteiger partial charge >= 0.3 is 5.97 Å². The second kappa shape index (κ2) is 9.51. The topological polar surface area (TPSA) is 79.0 Å². The van der Waals surface area contributed by atoms with Crippen molar-refractivity contribution in [1.29, 1.82) is 0 Å². The Morgan fingerprint density at radius 1 is 1.38 bits per heavy atom. The third-order valence-electron chi connectivity index (χ3n) is 6.25. The predicted octanol–water partition coefficient (Wildman–Crippen LogP) is 1.63. The third kappa shape index (κ3) is 4.79. The van der Waals surface area contributed by atoms with E-state index < -0.39 is 17.6 Å². The summed E-state index contributed by atoms with van der Waals surface area (Å²) < 4.78 is 5.17. The molecule has 4 atom stereocenters. The van der Waals surface area contributed by atoms with Crippen molar-refractivity contribution in [2.24, 2.45) is 11.8 Å². The van der Waals surface area contributed by atoms with Crippen LogP contribution in [0.2, 0.25) is 0 Å². The summed E-state index contributed by atoms with van der Waals surface area (Å²) in [7, 11) is 0. The summed E-state index contributed by atoms with van der Waals surface area (Å²) in [5.74, 6) is 1.34. The number of amides is 2. The van der Waals surface area contributed by atoms with Gasteiger partial charge in [0.05, 0.1) is 6.61 Å². The number of carbonyl (C=O) groups excluding carboxylic acids is 3. The molecule has 3 rings (SSSR count). The van der Waals surface area contributed by atoms with E-state index in [1.165, 1.54) is 0 Å². The number of ether oxygens (including phenoxy) is 1. The first-order valence-corrected chi connectivity index (χ1v) is 11.8. The highest BCUT2D eigenvalue weighted by Gasteiger charge is 2.61. The highest BCUT2D eigenvalue weighted by molar-refractivity contribution is 7.99. The van der Waals surface area contributed by atoms with Crippen molar-refractivity contribution in [3.63, 3.8) is 0 Å². The van der Waals surface area contributed by atoms with E-state index in [1.807, 2.05) is 18.7 Å². The van der Waals surface area contributed by atoms with Crippen LogP contribution in [0.5, 0.6) is 0 Å². The third-order valence-corrected chi connectivity index (χ3v) is 7.27. The van der Waals surface area contributed by atoms with Gasteiger partial charge in [0, 0.05) is 36.6 Å². The fraction of sp³-hybridized carbons (Fsp3) is 0.762. The van der Waals surface area contributed by atoms with Gasteiger partial charge in [0.25, 0.3) is 0 Å².